The van der Waals surface area contributed by atoms with Gasteiger partial charge in [-0.25, -0.2) is 4.98 Å². The maximum atomic E-state index is 5.60. The fraction of sp³-hybridized carbons (Fsp3) is 0.500. The maximum Gasteiger partial charge on any atom is 0.227 e. The van der Waals surface area contributed by atoms with E-state index in [1.54, 1.807) is 0 Å². The molecule has 0 amide bonds. The molecule has 0 saturated carbocycles. The molecule has 7 heteroatoms. The Morgan fingerprint density at radius 2 is 2.13 bits per heavy atom. The van der Waals surface area contributed by atoms with Crippen molar-refractivity contribution in [3.63, 3.8) is 0 Å². The molecule has 0 spiro atoms. The van der Waals surface area contributed by atoms with E-state index in [0.29, 0.717) is 6.04 Å². The smallest absolute Gasteiger partial charge is 0.227 e. The van der Waals surface area contributed by atoms with Crippen molar-refractivity contribution in [1.29, 1.82) is 0 Å². The molecule has 1 aliphatic rings. The summed E-state index contributed by atoms with van der Waals surface area (Å²) >= 11 is 3.35. The Morgan fingerprint density at radius 3 is 2.83 bits per heavy atom. The lowest BCUT2D eigenvalue weighted by Gasteiger charge is -2.25. The van der Waals surface area contributed by atoms with Gasteiger partial charge in [-0.3, -0.25) is 4.90 Å². The molecule has 1 aliphatic heterocycles. The molecular weight excluding hydrogens is 358 g/mol. The van der Waals surface area contributed by atoms with Crippen molar-refractivity contribution in [1.82, 2.24) is 14.9 Å². The van der Waals surface area contributed by atoms with E-state index in [2.05, 4.69) is 42.7 Å². The van der Waals surface area contributed by atoms with Crippen molar-refractivity contribution in [3.8, 4) is 0 Å². The molecule has 2 aromatic rings. The molecule has 0 radical (unpaired) electrons. The van der Waals surface area contributed by atoms with Crippen LogP contribution in [0, 0.1) is 0 Å². The van der Waals surface area contributed by atoms with Crippen molar-refractivity contribution >= 4 is 27.7 Å². The highest BCUT2D eigenvalue weighted by Crippen LogP contribution is 2.22. The van der Waals surface area contributed by atoms with E-state index in [9.17, 15) is 0 Å². The van der Waals surface area contributed by atoms with Crippen LogP contribution in [0.1, 0.15) is 12.2 Å². The third kappa shape index (κ3) is 3.84. The van der Waals surface area contributed by atoms with Crippen molar-refractivity contribution in [2.75, 3.05) is 44.0 Å². The van der Waals surface area contributed by atoms with Crippen LogP contribution < -0.4 is 9.80 Å². The highest BCUT2D eigenvalue weighted by molar-refractivity contribution is 9.10. The molecule has 6 nitrogen and oxygen atoms in total. The molecule has 124 valence electrons. The fourth-order valence-electron chi connectivity index (χ4n) is 2.85. The van der Waals surface area contributed by atoms with Crippen molar-refractivity contribution < 1.29 is 4.42 Å². The van der Waals surface area contributed by atoms with Gasteiger partial charge in [-0.1, -0.05) is 0 Å². The fourth-order valence-corrected chi connectivity index (χ4v) is 3.19. The summed E-state index contributed by atoms with van der Waals surface area (Å²) in [6.07, 6.45) is 2.93. The van der Waals surface area contributed by atoms with Gasteiger partial charge in [0.05, 0.1) is 6.54 Å². The molecule has 1 saturated heterocycles. The van der Waals surface area contributed by atoms with E-state index >= 15 is 0 Å². The molecule has 0 aliphatic carbocycles. The van der Waals surface area contributed by atoms with Crippen LogP contribution in [-0.4, -0.2) is 55.1 Å². The van der Waals surface area contributed by atoms with Crippen molar-refractivity contribution in [2.45, 2.75) is 19.0 Å². The molecule has 0 bridgehead atoms. The van der Waals surface area contributed by atoms with Crippen LogP contribution in [0.3, 0.4) is 0 Å². The van der Waals surface area contributed by atoms with E-state index in [1.165, 1.54) is 0 Å². The predicted molar refractivity (Wildman–Crippen MR) is 94.9 cm³/mol. The number of rotatable bonds is 5. The number of aromatic nitrogens is 2. The molecule has 0 aromatic carbocycles. The average Bonchev–Trinajstić information content (AvgIpc) is 3.16. The third-order valence-corrected chi connectivity index (χ3v) is 4.63. The number of halogens is 1. The van der Waals surface area contributed by atoms with Crippen LogP contribution >= 0.6 is 15.9 Å². The molecule has 1 atom stereocenters. The molecule has 23 heavy (non-hydrogen) atoms. The van der Waals surface area contributed by atoms with Gasteiger partial charge in [-0.05, 0) is 40.5 Å². The number of anilines is 2. The van der Waals surface area contributed by atoms with Crippen LogP contribution in [0.4, 0.5) is 11.8 Å². The molecule has 1 unspecified atom stereocenters. The number of hydrogen-bond donors (Lipinski definition) is 0. The first-order chi connectivity index (χ1) is 11.0. The van der Waals surface area contributed by atoms with E-state index < -0.39 is 0 Å². The largest absolute Gasteiger partial charge is 0.453 e. The van der Waals surface area contributed by atoms with Gasteiger partial charge in [-0.15, -0.1) is 0 Å². The normalized spacial score (nSPS) is 18.3. The van der Waals surface area contributed by atoms with Crippen LogP contribution in [0.2, 0.25) is 0 Å². The highest BCUT2D eigenvalue weighted by Gasteiger charge is 2.27. The number of nitrogens with zero attached hydrogens (tertiary/aromatic N) is 5. The Balaban J connectivity index is 1.63. The molecule has 3 rings (SSSR count). The second kappa shape index (κ2) is 6.88. The quantitative estimate of drug-likeness (QED) is 0.795. The second-order valence-electron chi connectivity index (χ2n) is 6.10. The van der Waals surface area contributed by atoms with Crippen LogP contribution in [0.5, 0.6) is 0 Å². The zero-order valence-electron chi connectivity index (χ0n) is 13.7. The minimum atomic E-state index is 0.422. The van der Waals surface area contributed by atoms with Gasteiger partial charge in [0.2, 0.25) is 5.95 Å². The molecule has 3 heterocycles. The van der Waals surface area contributed by atoms with Crippen LogP contribution in [-0.2, 0) is 6.54 Å². The van der Waals surface area contributed by atoms with E-state index in [4.69, 9.17) is 4.42 Å². The number of furan rings is 1. The lowest BCUT2D eigenvalue weighted by molar-refractivity contribution is 0.291. The summed E-state index contributed by atoms with van der Waals surface area (Å²) in [5.74, 6) is 2.70. The van der Waals surface area contributed by atoms with Crippen molar-refractivity contribution in [2.24, 2.45) is 0 Å². The lowest BCUT2D eigenvalue weighted by atomic mass is 10.2. The Bertz CT molecular complexity index is 659. The minimum absolute atomic E-state index is 0.422. The molecular formula is C16H22BrN5O. The highest BCUT2D eigenvalue weighted by atomic mass is 79.9. The van der Waals surface area contributed by atoms with Crippen LogP contribution in [0.15, 0.2) is 33.5 Å². The van der Waals surface area contributed by atoms with Gasteiger partial charge in [-0.2, -0.15) is 4.98 Å². The average molecular weight is 380 g/mol. The zero-order valence-corrected chi connectivity index (χ0v) is 15.3. The third-order valence-electron chi connectivity index (χ3n) is 4.21. The first-order valence-electron chi connectivity index (χ1n) is 7.72. The van der Waals surface area contributed by atoms with Gasteiger partial charge in [0.1, 0.15) is 11.6 Å². The SMILES string of the molecule is CN(C)c1ccnc(N(C)C2CCN(Cc3ccc(Br)o3)C2)n1. The Labute approximate surface area is 145 Å². The second-order valence-corrected chi connectivity index (χ2v) is 6.89. The number of likely N-dealkylation sites (N-methyl/N-ethyl adjacent to an activating group) is 1. The lowest BCUT2D eigenvalue weighted by Crippen LogP contribution is -2.35. The van der Waals surface area contributed by atoms with Gasteiger partial charge in [0, 0.05) is 46.5 Å². The van der Waals surface area contributed by atoms with E-state index in [1.807, 2.05) is 43.4 Å². The van der Waals surface area contributed by atoms with Gasteiger partial charge >= 0.3 is 0 Å². The molecule has 0 N–H and O–H groups in total. The number of hydrogen-bond acceptors (Lipinski definition) is 6. The predicted octanol–water partition coefficient (Wildman–Crippen LogP) is 2.61. The van der Waals surface area contributed by atoms with Gasteiger partial charge in [0.25, 0.3) is 0 Å². The summed E-state index contributed by atoms with van der Waals surface area (Å²) < 4.78 is 6.39. The Morgan fingerprint density at radius 1 is 1.30 bits per heavy atom. The van der Waals surface area contributed by atoms with E-state index in [-0.39, 0.29) is 0 Å². The number of likely N-dealkylation sites (tertiary alicyclic amines) is 1. The summed E-state index contributed by atoms with van der Waals surface area (Å²) in [5.41, 5.74) is 0. The molecule has 2 aromatic heterocycles. The summed E-state index contributed by atoms with van der Waals surface area (Å²) in [4.78, 5) is 15.6. The summed E-state index contributed by atoms with van der Waals surface area (Å²) in [7, 11) is 6.06. The standard InChI is InChI=1S/C16H22BrN5O/c1-20(2)15-6-8-18-16(19-15)21(3)12-7-9-22(10-12)11-13-4-5-14(17)23-13/h4-6,8,12H,7,9-11H2,1-3H3. The Hall–Kier alpha value is -1.60. The summed E-state index contributed by atoms with van der Waals surface area (Å²) in [6.45, 7) is 2.89. The van der Waals surface area contributed by atoms with Crippen molar-refractivity contribution in [3.05, 3.63) is 34.8 Å². The van der Waals surface area contributed by atoms with Gasteiger partial charge < -0.3 is 14.2 Å². The Kier molecular flexibility index (Phi) is 4.87. The first-order valence-corrected chi connectivity index (χ1v) is 8.52. The minimum Gasteiger partial charge on any atom is -0.453 e. The van der Waals surface area contributed by atoms with Gasteiger partial charge in [0.15, 0.2) is 4.67 Å². The summed E-state index contributed by atoms with van der Waals surface area (Å²) in [6, 6.07) is 6.30. The van der Waals surface area contributed by atoms with Crippen LogP contribution in [0.25, 0.3) is 0 Å². The first kappa shape index (κ1) is 16.3. The monoisotopic (exact) mass is 379 g/mol. The topological polar surface area (TPSA) is 48.6 Å². The molecule has 1 fully saturated rings. The summed E-state index contributed by atoms with van der Waals surface area (Å²) in [5, 5.41) is 0. The maximum absolute atomic E-state index is 5.60. The van der Waals surface area contributed by atoms with E-state index in [0.717, 1.165) is 48.3 Å². The zero-order chi connectivity index (χ0) is 16.4.